The van der Waals surface area contributed by atoms with E-state index in [1.165, 1.54) is 6.42 Å². The smallest absolute Gasteiger partial charge is 0.321 e. The van der Waals surface area contributed by atoms with Crippen LogP contribution in [0.15, 0.2) is 30.3 Å². The summed E-state index contributed by atoms with van der Waals surface area (Å²) in [4.78, 5) is 23.3. The zero-order valence-electron chi connectivity index (χ0n) is 12.8. The molecule has 0 radical (unpaired) electrons. The highest BCUT2D eigenvalue weighted by molar-refractivity contribution is 5.84. The lowest BCUT2D eigenvalue weighted by molar-refractivity contribution is -0.141. The van der Waals surface area contributed by atoms with Crippen LogP contribution in [0.1, 0.15) is 44.1 Å². The Morgan fingerprint density at radius 1 is 1.14 bits per heavy atom. The van der Waals surface area contributed by atoms with E-state index in [-0.39, 0.29) is 18.4 Å². The van der Waals surface area contributed by atoms with Crippen molar-refractivity contribution in [3.8, 4) is 0 Å². The maximum absolute atomic E-state index is 12.0. The van der Waals surface area contributed by atoms with Gasteiger partial charge in [0.1, 0.15) is 6.04 Å². The quantitative estimate of drug-likeness (QED) is 0.720. The molecule has 1 atom stereocenters. The van der Waals surface area contributed by atoms with Gasteiger partial charge in [-0.3, -0.25) is 14.9 Å². The average molecular weight is 304 g/mol. The molecule has 5 nitrogen and oxygen atoms in total. The number of carboxylic acids is 1. The van der Waals surface area contributed by atoms with Gasteiger partial charge < -0.3 is 10.4 Å². The zero-order chi connectivity index (χ0) is 15.8. The number of carbonyl (C=O) groups is 2. The molecule has 0 aliphatic heterocycles. The summed E-state index contributed by atoms with van der Waals surface area (Å²) in [7, 11) is 0. The summed E-state index contributed by atoms with van der Waals surface area (Å²) < 4.78 is 0. The van der Waals surface area contributed by atoms with Crippen LogP contribution in [0.4, 0.5) is 0 Å². The van der Waals surface area contributed by atoms with Gasteiger partial charge in [-0.05, 0) is 18.4 Å². The van der Waals surface area contributed by atoms with Gasteiger partial charge >= 0.3 is 5.97 Å². The van der Waals surface area contributed by atoms with Crippen molar-refractivity contribution in [2.24, 2.45) is 0 Å². The van der Waals surface area contributed by atoms with Crippen LogP contribution < -0.4 is 10.6 Å². The topological polar surface area (TPSA) is 78.4 Å². The van der Waals surface area contributed by atoms with E-state index in [1.807, 2.05) is 30.3 Å². The summed E-state index contributed by atoms with van der Waals surface area (Å²) in [5, 5.41) is 15.2. The van der Waals surface area contributed by atoms with Gasteiger partial charge in [-0.1, -0.05) is 49.6 Å². The molecule has 3 N–H and O–H groups in total. The maximum Gasteiger partial charge on any atom is 0.321 e. The van der Waals surface area contributed by atoms with Gasteiger partial charge in [-0.15, -0.1) is 0 Å². The molecule has 0 spiro atoms. The fraction of sp³-hybridized carbons (Fsp3) is 0.529. The molecule has 22 heavy (non-hydrogen) atoms. The van der Waals surface area contributed by atoms with E-state index >= 15 is 0 Å². The van der Waals surface area contributed by atoms with Gasteiger partial charge in [0.15, 0.2) is 0 Å². The minimum atomic E-state index is -0.991. The standard InChI is InChI=1S/C17H24N2O3/c20-16(19-14-9-5-2-6-10-14)11-15(17(21)22)18-12-13-7-3-1-4-8-13/h1,3-4,7-8,14-15,18H,2,5-6,9-12H2,(H,19,20)(H,21,22)/t15-/m0/s1. The number of rotatable bonds is 7. The van der Waals surface area contributed by atoms with Crippen molar-refractivity contribution < 1.29 is 14.7 Å². The molecule has 0 bridgehead atoms. The largest absolute Gasteiger partial charge is 0.480 e. The van der Waals surface area contributed by atoms with Crippen molar-refractivity contribution in [3.63, 3.8) is 0 Å². The minimum Gasteiger partial charge on any atom is -0.480 e. The molecule has 1 amide bonds. The van der Waals surface area contributed by atoms with Gasteiger partial charge in [0.25, 0.3) is 0 Å². The van der Waals surface area contributed by atoms with E-state index in [0.717, 1.165) is 31.2 Å². The van der Waals surface area contributed by atoms with Crippen molar-refractivity contribution >= 4 is 11.9 Å². The van der Waals surface area contributed by atoms with Crippen molar-refractivity contribution in [1.29, 1.82) is 0 Å². The summed E-state index contributed by atoms with van der Waals surface area (Å²) in [6.07, 6.45) is 5.47. The van der Waals surface area contributed by atoms with Crippen LogP contribution in [0.2, 0.25) is 0 Å². The van der Waals surface area contributed by atoms with Crippen LogP contribution in [0.5, 0.6) is 0 Å². The summed E-state index contributed by atoms with van der Waals surface area (Å²) in [5.74, 6) is -1.17. The first-order valence-electron chi connectivity index (χ1n) is 7.94. The Hall–Kier alpha value is -1.88. The van der Waals surface area contributed by atoms with Crippen LogP contribution >= 0.6 is 0 Å². The third-order valence-electron chi connectivity index (χ3n) is 4.05. The summed E-state index contributed by atoms with van der Waals surface area (Å²) in [6, 6.07) is 8.93. The molecule has 0 heterocycles. The number of benzene rings is 1. The number of hydrogen-bond acceptors (Lipinski definition) is 3. The van der Waals surface area contributed by atoms with Crippen LogP contribution in [-0.2, 0) is 16.1 Å². The van der Waals surface area contributed by atoms with Crippen LogP contribution in [0.3, 0.4) is 0 Å². The van der Waals surface area contributed by atoms with Crippen LogP contribution in [0, 0.1) is 0 Å². The van der Waals surface area contributed by atoms with E-state index in [9.17, 15) is 14.7 Å². The lowest BCUT2D eigenvalue weighted by Crippen LogP contribution is -2.43. The molecule has 2 rings (SSSR count). The Morgan fingerprint density at radius 3 is 2.45 bits per heavy atom. The predicted octanol–water partition coefficient (Wildman–Crippen LogP) is 2.07. The minimum absolute atomic E-state index is 0.0291. The van der Waals surface area contributed by atoms with Crippen molar-refractivity contribution in [2.75, 3.05) is 0 Å². The highest BCUT2D eigenvalue weighted by Gasteiger charge is 2.23. The van der Waals surface area contributed by atoms with E-state index in [1.54, 1.807) is 0 Å². The van der Waals surface area contributed by atoms with E-state index in [4.69, 9.17) is 0 Å². The Kier molecular flexibility index (Phi) is 6.40. The number of nitrogens with one attached hydrogen (secondary N) is 2. The number of hydrogen-bond donors (Lipinski definition) is 3. The summed E-state index contributed by atoms with van der Waals surface area (Å²) in [6.45, 7) is 0.439. The molecule has 0 unspecified atom stereocenters. The predicted molar refractivity (Wildman–Crippen MR) is 84.3 cm³/mol. The Balaban J connectivity index is 1.80. The fourth-order valence-electron chi connectivity index (χ4n) is 2.80. The molecule has 1 aromatic rings. The third-order valence-corrected chi connectivity index (χ3v) is 4.05. The lowest BCUT2D eigenvalue weighted by Gasteiger charge is -2.23. The van der Waals surface area contributed by atoms with E-state index in [0.29, 0.717) is 6.54 Å². The molecule has 1 aromatic carbocycles. The highest BCUT2D eigenvalue weighted by Crippen LogP contribution is 2.17. The molecule has 5 heteroatoms. The van der Waals surface area contributed by atoms with Gasteiger partial charge in [-0.25, -0.2) is 0 Å². The molecule has 1 fully saturated rings. The Morgan fingerprint density at radius 2 is 1.82 bits per heavy atom. The van der Waals surface area contributed by atoms with Crippen molar-refractivity contribution in [1.82, 2.24) is 10.6 Å². The Bertz CT molecular complexity index is 484. The molecular weight excluding hydrogens is 280 g/mol. The molecule has 0 saturated heterocycles. The SMILES string of the molecule is O=C(C[C@H](NCc1ccccc1)C(=O)O)NC1CCCCC1. The first-order chi connectivity index (χ1) is 10.6. The maximum atomic E-state index is 12.0. The van der Waals surface area contributed by atoms with Gasteiger partial charge in [0.05, 0.1) is 6.42 Å². The fourth-order valence-corrected chi connectivity index (χ4v) is 2.80. The molecule has 1 aliphatic carbocycles. The number of aliphatic carboxylic acids is 1. The van der Waals surface area contributed by atoms with Gasteiger partial charge in [0.2, 0.25) is 5.91 Å². The van der Waals surface area contributed by atoms with E-state index < -0.39 is 12.0 Å². The zero-order valence-corrected chi connectivity index (χ0v) is 12.8. The average Bonchev–Trinajstić information content (AvgIpc) is 2.53. The van der Waals surface area contributed by atoms with E-state index in [2.05, 4.69) is 10.6 Å². The number of carboxylic acid groups (broad SMARTS) is 1. The van der Waals surface area contributed by atoms with Crippen LogP contribution in [-0.4, -0.2) is 29.1 Å². The first-order valence-corrected chi connectivity index (χ1v) is 7.94. The second-order valence-electron chi connectivity index (χ2n) is 5.86. The first kappa shape index (κ1) is 16.5. The second kappa shape index (κ2) is 8.54. The van der Waals surface area contributed by atoms with Gasteiger partial charge in [-0.2, -0.15) is 0 Å². The normalized spacial score (nSPS) is 16.9. The van der Waals surface area contributed by atoms with Gasteiger partial charge in [0, 0.05) is 12.6 Å². The molecule has 120 valence electrons. The summed E-state index contributed by atoms with van der Waals surface area (Å²) in [5.41, 5.74) is 1.00. The second-order valence-corrected chi connectivity index (χ2v) is 5.86. The molecule has 1 saturated carbocycles. The number of amides is 1. The third kappa shape index (κ3) is 5.48. The molecule has 1 aliphatic rings. The molecular formula is C17H24N2O3. The Labute approximate surface area is 131 Å². The molecule has 0 aromatic heterocycles. The monoisotopic (exact) mass is 304 g/mol. The summed E-state index contributed by atoms with van der Waals surface area (Å²) >= 11 is 0. The van der Waals surface area contributed by atoms with Crippen molar-refractivity contribution in [2.45, 2.75) is 57.2 Å². The number of carbonyl (C=O) groups excluding carboxylic acids is 1. The van der Waals surface area contributed by atoms with Crippen LogP contribution in [0.25, 0.3) is 0 Å². The van der Waals surface area contributed by atoms with Crippen molar-refractivity contribution in [3.05, 3.63) is 35.9 Å². The highest BCUT2D eigenvalue weighted by atomic mass is 16.4. The lowest BCUT2D eigenvalue weighted by atomic mass is 9.95.